The fourth-order valence-electron chi connectivity index (χ4n) is 2.54. The van der Waals surface area contributed by atoms with Crippen molar-refractivity contribution in [2.45, 2.75) is 52.1 Å². The Morgan fingerprint density at radius 2 is 1.92 bits per heavy atom. The van der Waals surface area contributed by atoms with Gasteiger partial charge >= 0.3 is 0 Å². The average molecular weight is 469 g/mol. The molecular formula is C17H36IN5O2. The van der Waals surface area contributed by atoms with Crippen molar-refractivity contribution in [3.8, 4) is 0 Å². The second kappa shape index (κ2) is 12.7. The molecule has 0 spiro atoms. The Morgan fingerprint density at radius 1 is 1.28 bits per heavy atom. The summed E-state index contributed by atoms with van der Waals surface area (Å²) in [5.41, 5.74) is 0.0231. The van der Waals surface area contributed by atoms with Gasteiger partial charge in [-0.3, -0.25) is 14.7 Å². The lowest BCUT2D eigenvalue weighted by atomic mass is 10.0. The van der Waals surface area contributed by atoms with E-state index < -0.39 is 0 Å². The van der Waals surface area contributed by atoms with Crippen LogP contribution in [0, 0.1) is 0 Å². The lowest BCUT2D eigenvalue weighted by Crippen LogP contribution is -2.56. The minimum atomic E-state index is 0. The van der Waals surface area contributed by atoms with Crippen LogP contribution in [0.1, 0.15) is 40.5 Å². The van der Waals surface area contributed by atoms with Gasteiger partial charge in [-0.2, -0.15) is 0 Å². The second-order valence-corrected chi connectivity index (χ2v) is 6.89. The zero-order valence-corrected chi connectivity index (χ0v) is 18.7. The number of guanidine groups is 1. The number of amides is 1. The maximum absolute atomic E-state index is 11.8. The van der Waals surface area contributed by atoms with Crippen molar-refractivity contribution in [1.29, 1.82) is 0 Å². The fraction of sp³-hybridized carbons (Fsp3) is 0.882. The number of morpholine rings is 1. The Balaban J connectivity index is 0.00000576. The molecule has 1 atom stereocenters. The van der Waals surface area contributed by atoms with Crippen LogP contribution in [0.3, 0.4) is 0 Å². The van der Waals surface area contributed by atoms with Crippen LogP contribution in [-0.4, -0.2) is 74.8 Å². The van der Waals surface area contributed by atoms with E-state index in [0.717, 1.165) is 45.2 Å². The minimum absolute atomic E-state index is 0. The van der Waals surface area contributed by atoms with E-state index in [1.54, 1.807) is 7.05 Å². The third kappa shape index (κ3) is 9.60. The summed E-state index contributed by atoms with van der Waals surface area (Å²) in [5.74, 6) is 0.800. The molecule has 1 rings (SSSR count). The third-order valence-corrected chi connectivity index (χ3v) is 4.44. The predicted molar refractivity (Wildman–Crippen MR) is 114 cm³/mol. The van der Waals surface area contributed by atoms with Crippen LogP contribution in [0.2, 0.25) is 0 Å². The van der Waals surface area contributed by atoms with Gasteiger partial charge in [-0.1, -0.05) is 6.92 Å². The number of rotatable bonds is 8. The lowest BCUT2D eigenvalue weighted by Gasteiger charge is -2.41. The Labute approximate surface area is 169 Å². The second-order valence-electron chi connectivity index (χ2n) is 6.89. The number of hydrogen-bond donors (Lipinski definition) is 3. The molecule has 148 valence electrons. The molecule has 1 aliphatic heterocycles. The molecule has 0 aliphatic carbocycles. The first-order chi connectivity index (χ1) is 11.4. The number of ether oxygens (including phenoxy) is 1. The van der Waals surface area contributed by atoms with Gasteiger partial charge in [-0.05, 0) is 27.2 Å². The van der Waals surface area contributed by atoms with Crippen LogP contribution in [-0.2, 0) is 9.53 Å². The van der Waals surface area contributed by atoms with Gasteiger partial charge in [0.25, 0.3) is 0 Å². The van der Waals surface area contributed by atoms with E-state index in [1.165, 1.54) is 0 Å². The first-order valence-corrected chi connectivity index (χ1v) is 8.95. The molecule has 25 heavy (non-hydrogen) atoms. The van der Waals surface area contributed by atoms with Crippen molar-refractivity contribution in [2.24, 2.45) is 4.99 Å². The number of carbonyl (C=O) groups excluding carboxylic acids is 1. The summed E-state index contributed by atoms with van der Waals surface area (Å²) in [7, 11) is 1.75. The van der Waals surface area contributed by atoms with Crippen molar-refractivity contribution >= 4 is 35.8 Å². The summed E-state index contributed by atoms with van der Waals surface area (Å²) in [5, 5.41) is 9.52. The summed E-state index contributed by atoms with van der Waals surface area (Å²) < 4.78 is 5.42. The van der Waals surface area contributed by atoms with E-state index in [2.05, 4.69) is 46.6 Å². The highest BCUT2D eigenvalue weighted by Crippen LogP contribution is 2.14. The molecule has 1 saturated heterocycles. The maximum Gasteiger partial charge on any atom is 0.221 e. The lowest BCUT2D eigenvalue weighted by molar-refractivity contribution is -0.121. The van der Waals surface area contributed by atoms with E-state index in [4.69, 9.17) is 4.74 Å². The predicted octanol–water partition coefficient (Wildman–Crippen LogP) is 1.19. The normalized spacial score (nSPS) is 17.4. The molecule has 0 aromatic heterocycles. The molecule has 1 fully saturated rings. The number of nitrogens with zero attached hydrogens (tertiary/aromatic N) is 2. The van der Waals surface area contributed by atoms with Gasteiger partial charge in [0.15, 0.2) is 5.96 Å². The Bertz CT molecular complexity index is 412. The Hall–Kier alpha value is -0.610. The molecule has 1 amide bonds. The monoisotopic (exact) mass is 469 g/mol. The van der Waals surface area contributed by atoms with Crippen molar-refractivity contribution < 1.29 is 9.53 Å². The van der Waals surface area contributed by atoms with E-state index >= 15 is 0 Å². The first-order valence-electron chi connectivity index (χ1n) is 8.95. The van der Waals surface area contributed by atoms with Crippen LogP contribution in [0.25, 0.3) is 0 Å². The van der Waals surface area contributed by atoms with Gasteiger partial charge in [0.05, 0.1) is 13.2 Å². The third-order valence-electron chi connectivity index (χ3n) is 4.44. The van der Waals surface area contributed by atoms with Crippen LogP contribution >= 0.6 is 24.0 Å². The largest absolute Gasteiger partial charge is 0.379 e. The topological polar surface area (TPSA) is 78.0 Å². The molecule has 0 aromatic carbocycles. The molecule has 1 heterocycles. The SMILES string of the molecule is CCC(C)NC(=O)CCNC(=NC)NCC(C)(C)N1CCOCC1.I. The highest BCUT2D eigenvalue weighted by molar-refractivity contribution is 14.0. The summed E-state index contributed by atoms with van der Waals surface area (Å²) >= 11 is 0. The molecule has 0 radical (unpaired) electrons. The zero-order valence-electron chi connectivity index (χ0n) is 16.4. The van der Waals surface area contributed by atoms with Crippen LogP contribution in [0.4, 0.5) is 0 Å². The summed E-state index contributed by atoms with van der Waals surface area (Å²) in [4.78, 5) is 18.4. The van der Waals surface area contributed by atoms with Gasteiger partial charge in [0, 0.05) is 51.2 Å². The first kappa shape index (κ1) is 24.4. The molecule has 3 N–H and O–H groups in total. The number of nitrogens with one attached hydrogen (secondary N) is 3. The molecule has 7 nitrogen and oxygen atoms in total. The Kier molecular flexibility index (Phi) is 12.4. The molecule has 8 heteroatoms. The Morgan fingerprint density at radius 3 is 2.48 bits per heavy atom. The average Bonchev–Trinajstić information content (AvgIpc) is 2.58. The van der Waals surface area contributed by atoms with E-state index in [-0.39, 0.29) is 41.5 Å². The summed E-state index contributed by atoms with van der Waals surface area (Å²) in [6, 6.07) is 0.226. The molecule has 1 unspecified atom stereocenters. The van der Waals surface area contributed by atoms with Gasteiger partial charge in [-0.25, -0.2) is 0 Å². The van der Waals surface area contributed by atoms with Gasteiger partial charge in [-0.15, -0.1) is 24.0 Å². The van der Waals surface area contributed by atoms with Crippen molar-refractivity contribution in [1.82, 2.24) is 20.9 Å². The molecule has 0 bridgehead atoms. The number of halogens is 1. The van der Waals surface area contributed by atoms with E-state index in [9.17, 15) is 4.79 Å². The van der Waals surface area contributed by atoms with Crippen molar-refractivity contribution in [2.75, 3.05) is 46.4 Å². The van der Waals surface area contributed by atoms with Gasteiger partial charge in [0.1, 0.15) is 0 Å². The van der Waals surface area contributed by atoms with Crippen molar-refractivity contribution in [3.63, 3.8) is 0 Å². The zero-order chi connectivity index (χ0) is 18.0. The number of aliphatic imine (C=N–C) groups is 1. The molecule has 1 aliphatic rings. The van der Waals surface area contributed by atoms with E-state index in [0.29, 0.717) is 13.0 Å². The standard InChI is InChI=1S/C17H35N5O2.HI/c1-6-14(2)21-15(23)7-8-19-16(18-5)20-13-17(3,4)22-9-11-24-12-10-22;/h14H,6-13H2,1-5H3,(H,21,23)(H2,18,19,20);1H. The molecule has 0 saturated carbocycles. The van der Waals surface area contributed by atoms with E-state index in [1.807, 2.05) is 6.92 Å². The van der Waals surface area contributed by atoms with Gasteiger partial charge in [0.2, 0.25) is 5.91 Å². The van der Waals surface area contributed by atoms with Crippen LogP contribution in [0.5, 0.6) is 0 Å². The van der Waals surface area contributed by atoms with Gasteiger partial charge < -0.3 is 20.7 Å². The number of carbonyl (C=O) groups is 1. The summed E-state index contributed by atoms with van der Waals surface area (Å²) in [6.45, 7) is 13.4. The van der Waals surface area contributed by atoms with Crippen molar-refractivity contribution in [3.05, 3.63) is 0 Å². The summed E-state index contributed by atoms with van der Waals surface area (Å²) in [6.07, 6.45) is 1.39. The fourth-order valence-corrected chi connectivity index (χ4v) is 2.54. The smallest absolute Gasteiger partial charge is 0.221 e. The quantitative estimate of drug-likeness (QED) is 0.283. The molecular weight excluding hydrogens is 433 g/mol. The highest BCUT2D eigenvalue weighted by Gasteiger charge is 2.28. The molecule has 0 aromatic rings. The highest BCUT2D eigenvalue weighted by atomic mass is 127. The maximum atomic E-state index is 11.8. The minimum Gasteiger partial charge on any atom is -0.379 e. The number of hydrogen-bond acceptors (Lipinski definition) is 4. The van der Waals surface area contributed by atoms with Crippen LogP contribution in [0.15, 0.2) is 4.99 Å². The van der Waals surface area contributed by atoms with Crippen LogP contribution < -0.4 is 16.0 Å².